The molecule has 1 rings (SSSR count). The molecule has 2 N–H and O–H groups in total. The summed E-state index contributed by atoms with van der Waals surface area (Å²) in [7, 11) is 1.96. The molecule has 86 valence electrons. The molecule has 0 spiro atoms. The Labute approximate surface area is 90.7 Å². The summed E-state index contributed by atoms with van der Waals surface area (Å²) >= 11 is 0. The molecule has 15 heavy (non-hydrogen) atoms. The van der Waals surface area contributed by atoms with Crippen LogP contribution < -0.4 is 10.6 Å². The van der Waals surface area contributed by atoms with Gasteiger partial charge in [-0.05, 0) is 5.92 Å². The zero-order valence-corrected chi connectivity index (χ0v) is 9.73. The highest BCUT2D eigenvalue weighted by molar-refractivity contribution is 5.21. The van der Waals surface area contributed by atoms with Gasteiger partial charge in [0.2, 0.25) is 5.89 Å². The summed E-state index contributed by atoms with van der Waals surface area (Å²) in [5.41, 5.74) is 5.41. The summed E-state index contributed by atoms with van der Waals surface area (Å²) in [5.74, 6) is 1.24. The fourth-order valence-corrected chi connectivity index (χ4v) is 1.30. The van der Waals surface area contributed by atoms with Crippen LogP contribution in [0.25, 0.3) is 0 Å². The topological polar surface area (TPSA) is 68.2 Å². The number of anilines is 1. The summed E-state index contributed by atoms with van der Waals surface area (Å²) in [5, 5.41) is 7.90. The number of nitrogens with two attached hydrogens (primary N) is 1. The van der Waals surface area contributed by atoms with Crippen molar-refractivity contribution in [2.75, 3.05) is 25.0 Å². The van der Waals surface area contributed by atoms with Gasteiger partial charge in [0, 0.05) is 26.6 Å². The first-order valence-electron chi connectivity index (χ1n) is 5.41. The van der Waals surface area contributed by atoms with E-state index >= 15 is 0 Å². The molecule has 0 fully saturated rings. The van der Waals surface area contributed by atoms with Gasteiger partial charge in [-0.25, -0.2) is 0 Å². The minimum Gasteiger partial charge on any atom is -0.408 e. The van der Waals surface area contributed by atoms with Crippen molar-refractivity contribution < 1.29 is 4.42 Å². The number of nitrogens with zero attached hydrogens (tertiary/aromatic N) is 3. The Hall–Kier alpha value is -1.10. The minimum atomic E-state index is 0.538. The van der Waals surface area contributed by atoms with Gasteiger partial charge in [0.1, 0.15) is 0 Å². The van der Waals surface area contributed by atoms with Crippen molar-refractivity contribution in [3.05, 3.63) is 5.89 Å². The number of rotatable bonds is 6. The lowest BCUT2D eigenvalue weighted by molar-refractivity contribution is 0.471. The fraction of sp³-hybridized carbons (Fsp3) is 0.800. The summed E-state index contributed by atoms with van der Waals surface area (Å²) < 4.78 is 5.45. The summed E-state index contributed by atoms with van der Waals surface area (Å²) in [6, 6.07) is 0.582. The smallest absolute Gasteiger partial charge is 0.317 e. The molecule has 0 saturated heterocycles. The van der Waals surface area contributed by atoms with Gasteiger partial charge in [-0.3, -0.25) is 0 Å². The maximum atomic E-state index is 5.45. The largest absolute Gasteiger partial charge is 0.408 e. The zero-order chi connectivity index (χ0) is 11.3. The molecule has 1 atom stereocenters. The van der Waals surface area contributed by atoms with Gasteiger partial charge in [-0.2, -0.15) is 0 Å². The van der Waals surface area contributed by atoms with E-state index < -0.39 is 0 Å². The van der Waals surface area contributed by atoms with E-state index in [0.717, 1.165) is 13.0 Å². The third-order valence-electron chi connectivity index (χ3n) is 2.42. The monoisotopic (exact) mass is 212 g/mol. The first-order valence-corrected chi connectivity index (χ1v) is 5.41. The van der Waals surface area contributed by atoms with Crippen LogP contribution in [0.4, 0.5) is 6.01 Å². The molecule has 0 aliphatic carbocycles. The van der Waals surface area contributed by atoms with Crippen LogP contribution >= 0.6 is 0 Å². The van der Waals surface area contributed by atoms with Crippen LogP contribution in [-0.2, 0) is 6.42 Å². The van der Waals surface area contributed by atoms with Crippen molar-refractivity contribution in [2.45, 2.75) is 26.7 Å². The van der Waals surface area contributed by atoms with E-state index in [4.69, 9.17) is 10.2 Å². The summed E-state index contributed by atoms with van der Waals surface area (Å²) in [4.78, 5) is 1.99. The molecule has 0 aromatic carbocycles. The Kier molecular flexibility index (Phi) is 4.55. The molecular formula is C10H20N4O. The highest BCUT2D eigenvalue weighted by atomic mass is 16.4. The standard InChI is InChI=1S/C10H20N4O/c1-4-8(2)7-14(3)10-13-12-9(15-10)5-6-11/h8H,4-7,11H2,1-3H3. The minimum absolute atomic E-state index is 0.538. The lowest BCUT2D eigenvalue weighted by atomic mass is 10.1. The molecule has 0 radical (unpaired) electrons. The lowest BCUT2D eigenvalue weighted by Gasteiger charge is -2.17. The van der Waals surface area contributed by atoms with E-state index in [0.29, 0.717) is 30.8 Å². The van der Waals surface area contributed by atoms with Gasteiger partial charge < -0.3 is 15.1 Å². The molecular weight excluding hydrogens is 192 g/mol. The highest BCUT2D eigenvalue weighted by Crippen LogP contribution is 2.13. The molecule has 0 bridgehead atoms. The quantitative estimate of drug-likeness (QED) is 0.763. The molecule has 5 heteroatoms. The van der Waals surface area contributed by atoms with Gasteiger partial charge in [0.25, 0.3) is 0 Å². The van der Waals surface area contributed by atoms with Crippen LogP contribution in [-0.4, -0.2) is 30.3 Å². The van der Waals surface area contributed by atoms with Crippen molar-refractivity contribution in [1.29, 1.82) is 0 Å². The first-order chi connectivity index (χ1) is 7.17. The Balaban J connectivity index is 2.53. The van der Waals surface area contributed by atoms with Gasteiger partial charge >= 0.3 is 6.01 Å². The number of hydrogen-bond acceptors (Lipinski definition) is 5. The van der Waals surface area contributed by atoms with Crippen LogP contribution in [0.15, 0.2) is 4.42 Å². The average Bonchev–Trinajstić information content (AvgIpc) is 2.67. The second-order valence-corrected chi connectivity index (χ2v) is 3.91. The van der Waals surface area contributed by atoms with Gasteiger partial charge in [-0.15, -0.1) is 5.10 Å². The number of aromatic nitrogens is 2. The SMILES string of the molecule is CCC(C)CN(C)c1nnc(CCN)o1. The Bertz CT molecular complexity index is 287. The molecule has 1 aromatic rings. The second-order valence-electron chi connectivity index (χ2n) is 3.91. The van der Waals surface area contributed by atoms with E-state index in [1.54, 1.807) is 0 Å². The fourth-order valence-electron chi connectivity index (χ4n) is 1.30. The zero-order valence-electron chi connectivity index (χ0n) is 9.73. The molecule has 0 aliphatic heterocycles. The Morgan fingerprint density at radius 1 is 1.47 bits per heavy atom. The van der Waals surface area contributed by atoms with Crippen molar-refractivity contribution >= 4 is 6.01 Å². The van der Waals surface area contributed by atoms with E-state index in [9.17, 15) is 0 Å². The van der Waals surface area contributed by atoms with Crippen molar-refractivity contribution in [1.82, 2.24) is 10.2 Å². The van der Waals surface area contributed by atoms with Gasteiger partial charge in [0.05, 0.1) is 0 Å². The van der Waals surface area contributed by atoms with E-state index in [2.05, 4.69) is 24.0 Å². The van der Waals surface area contributed by atoms with E-state index in [1.807, 2.05) is 11.9 Å². The molecule has 0 amide bonds. The summed E-state index contributed by atoms with van der Waals surface area (Å²) in [6.07, 6.45) is 1.79. The molecule has 0 saturated carbocycles. The van der Waals surface area contributed by atoms with Crippen LogP contribution in [0.1, 0.15) is 26.2 Å². The van der Waals surface area contributed by atoms with Crippen molar-refractivity contribution in [3.63, 3.8) is 0 Å². The Morgan fingerprint density at radius 3 is 2.80 bits per heavy atom. The predicted octanol–water partition coefficient (Wildman–Crippen LogP) is 1.05. The number of hydrogen-bond donors (Lipinski definition) is 1. The van der Waals surface area contributed by atoms with Crippen LogP contribution in [0.3, 0.4) is 0 Å². The lowest BCUT2D eigenvalue weighted by Crippen LogP contribution is -2.23. The molecule has 1 heterocycles. The van der Waals surface area contributed by atoms with Crippen LogP contribution in [0.2, 0.25) is 0 Å². The highest BCUT2D eigenvalue weighted by Gasteiger charge is 2.12. The van der Waals surface area contributed by atoms with Crippen LogP contribution in [0, 0.1) is 5.92 Å². The summed E-state index contributed by atoms with van der Waals surface area (Å²) in [6.45, 7) is 5.84. The predicted molar refractivity (Wildman–Crippen MR) is 59.8 cm³/mol. The second kappa shape index (κ2) is 5.70. The third-order valence-corrected chi connectivity index (χ3v) is 2.42. The van der Waals surface area contributed by atoms with E-state index in [1.165, 1.54) is 0 Å². The first kappa shape index (κ1) is 12.0. The average molecular weight is 212 g/mol. The molecule has 5 nitrogen and oxygen atoms in total. The Morgan fingerprint density at radius 2 is 2.20 bits per heavy atom. The van der Waals surface area contributed by atoms with Crippen LogP contribution in [0.5, 0.6) is 0 Å². The van der Waals surface area contributed by atoms with E-state index in [-0.39, 0.29) is 0 Å². The molecule has 1 aromatic heterocycles. The van der Waals surface area contributed by atoms with Crippen molar-refractivity contribution in [3.8, 4) is 0 Å². The maximum Gasteiger partial charge on any atom is 0.317 e. The van der Waals surface area contributed by atoms with Crippen molar-refractivity contribution in [2.24, 2.45) is 11.7 Å². The van der Waals surface area contributed by atoms with Gasteiger partial charge in [-0.1, -0.05) is 25.4 Å². The normalized spacial score (nSPS) is 12.8. The maximum absolute atomic E-state index is 5.45. The molecule has 0 aliphatic rings. The third kappa shape index (κ3) is 3.51. The van der Waals surface area contributed by atoms with Gasteiger partial charge in [0.15, 0.2) is 0 Å². The molecule has 1 unspecified atom stereocenters.